The van der Waals surface area contributed by atoms with Gasteiger partial charge in [-0.25, -0.2) is 5.01 Å². The van der Waals surface area contributed by atoms with E-state index in [1.807, 2.05) is 0 Å². The molecule has 0 fully saturated rings. The lowest BCUT2D eigenvalue weighted by Crippen LogP contribution is -2.51. The summed E-state index contributed by atoms with van der Waals surface area (Å²) < 4.78 is 0. The molecular formula is C23H8Cl8N2O4. The van der Waals surface area contributed by atoms with Crippen molar-refractivity contribution in [2.45, 2.75) is 0 Å². The van der Waals surface area contributed by atoms with E-state index in [0.29, 0.717) is 10.0 Å². The third-order valence-corrected chi connectivity index (χ3v) is 8.34. The van der Waals surface area contributed by atoms with Crippen LogP contribution >= 0.6 is 92.8 Å². The van der Waals surface area contributed by atoms with Gasteiger partial charge < -0.3 is 0 Å². The quantitative estimate of drug-likeness (QED) is 0.119. The lowest BCUT2D eigenvalue weighted by atomic mass is 10.1. The van der Waals surface area contributed by atoms with Gasteiger partial charge in [0.15, 0.2) is 5.78 Å². The number of ketones is 1. The summed E-state index contributed by atoms with van der Waals surface area (Å²) in [6.45, 7) is -0.803. The van der Waals surface area contributed by atoms with Crippen LogP contribution in [0.25, 0.3) is 0 Å². The van der Waals surface area contributed by atoms with Crippen molar-refractivity contribution in [2.24, 2.45) is 0 Å². The van der Waals surface area contributed by atoms with Gasteiger partial charge in [0.25, 0.3) is 17.7 Å². The molecule has 0 N–H and O–H groups in total. The molecule has 190 valence electrons. The molecule has 0 spiro atoms. The third-order valence-electron chi connectivity index (χ3n) is 5.25. The van der Waals surface area contributed by atoms with Gasteiger partial charge in [0.2, 0.25) is 0 Å². The van der Waals surface area contributed by atoms with Crippen LogP contribution in [-0.4, -0.2) is 40.1 Å². The fourth-order valence-electron chi connectivity index (χ4n) is 3.50. The van der Waals surface area contributed by atoms with Crippen LogP contribution in [0.1, 0.15) is 41.4 Å². The molecule has 0 unspecified atom stereocenters. The highest BCUT2D eigenvalue weighted by molar-refractivity contribution is 6.55. The van der Waals surface area contributed by atoms with Gasteiger partial charge in [0.1, 0.15) is 6.54 Å². The zero-order chi connectivity index (χ0) is 27.3. The molecule has 1 aliphatic heterocycles. The topological polar surface area (TPSA) is 74.8 Å². The molecule has 0 atom stereocenters. The summed E-state index contributed by atoms with van der Waals surface area (Å²) in [7, 11) is 0. The van der Waals surface area contributed by atoms with E-state index in [9.17, 15) is 19.2 Å². The summed E-state index contributed by atoms with van der Waals surface area (Å²) in [5, 5.41) is 0.261. The SMILES string of the molecule is O=C(CN(C(=O)c1ccc(Cl)c(Cl)c1)N1C(=O)c2c(Cl)c(Cl)c(Cl)c(Cl)c2C1=O)c1ccc(Cl)cc1Cl. The van der Waals surface area contributed by atoms with Gasteiger partial charge in [-0.05, 0) is 36.4 Å². The largest absolute Gasteiger partial charge is 0.292 e. The summed E-state index contributed by atoms with van der Waals surface area (Å²) in [6.07, 6.45) is 0. The number of hydrogen-bond donors (Lipinski definition) is 0. The molecule has 3 aromatic rings. The lowest BCUT2D eigenvalue weighted by molar-refractivity contribution is 0.00533. The van der Waals surface area contributed by atoms with Crippen LogP contribution in [0, 0.1) is 0 Å². The second-order valence-corrected chi connectivity index (χ2v) is 10.6. The Kier molecular flexibility index (Phi) is 8.25. The standard InChI is InChI=1S/C23H8Cl8N2O4/c24-9-2-3-10(12(26)6-9)14(34)7-32(21(35)8-1-4-11(25)13(27)5-8)33-22(36)15-16(23(33)37)18(29)20(31)19(30)17(15)28/h1-6H,7H2. The number of imide groups is 1. The lowest BCUT2D eigenvalue weighted by Gasteiger charge is -2.29. The monoisotopic (exact) mass is 656 g/mol. The number of hydrazine groups is 1. The van der Waals surface area contributed by atoms with E-state index in [2.05, 4.69) is 0 Å². The molecule has 1 aliphatic rings. The van der Waals surface area contributed by atoms with Crippen molar-refractivity contribution in [3.05, 3.63) is 98.8 Å². The molecule has 0 saturated carbocycles. The molecule has 37 heavy (non-hydrogen) atoms. The van der Waals surface area contributed by atoms with Crippen molar-refractivity contribution in [1.82, 2.24) is 10.0 Å². The maximum atomic E-state index is 13.6. The number of amides is 3. The Morgan fingerprint density at radius 2 is 1.24 bits per heavy atom. The highest BCUT2D eigenvalue weighted by Crippen LogP contribution is 2.45. The van der Waals surface area contributed by atoms with E-state index < -0.39 is 30.0 Å². The van der Waals surface area contributed by atoms with Crippen LogP contribution in [0.3, 0.4) is 0 Å². The van der Waals surface area contributed by atoms with Crippen LogP contribution in [0.2, 0.25) is 40.2 Å². The van der Waals surface area contributed by atoms with Gasteiger partial charge in [-0.3, -0.25) is 19.2 Å². The first-order valence-corrected chi connectivity index (χ1v) is 12.9. The summed E-state index contributed by atoms with van der Waals surface area (Å²) in [6, 6.07) is 7.93. The summed E-state index contributed by atoms with van der Waals surface area (Å²) in [4.78, 5) is 53.7. The van der Waals surface area contributed by atoms with Crippen LogP contribution in [0.15, 0.2) is 36.4 Å². The molecule has 6 nitrogen and oxygen atoms in total. The zero-order valence-corrected chi connectivity index (χ0v) is 23.8. The molecule has 3 amide bonds. The number of hydrogen-bond acceptors (Lipinski definition) is 4. The maximum absolute atomic E-state index is 13.6. The van der Waals surface area contributed by atoms with E-state index in [1.54, 1.807) is 0 Å². The highest BCUT2D eigenvalue weighted by atomic mass is 35.5. The fourth-order valence-corrected chi connectivity index (χ4v) is 5.33. The molecule has 0 radical (unpaired) electrons. The molecule has 14 heteroatoms. The van der Waals surface area contributed by atoms with Gasteiger partial charge in [0, 0.05) is 16.1 Å². The Bertz CT molecular complexity index is 1490. The summed E-state index contributed by atoms with van der Waals surface area (Å²) in [5.41, 5.74) is -0.865. The molecule has 0 saturated heterocycles. The summed E-state index contributed by atoms with van der Waals surface area (Å²) in [5.74, 6) is -3.79. The smallest absolute Gasteiger partial charge is 0.282 e. The van der Waals surface area contributed by atoms with Gasteiger partial charge in [0.05, 0.1) is 46.3 Å². The molecule has 3 aromatic carbocycles. The minimum Gasteiger partial charge on any atom is -0.292 e. The zero-order valence-electron chi connectivity index (χ0n) is 17.7. The number of rotatable bonds is 5. The number of halogens is 8. The van der Waals surface area contributed by atoms with Crippen LogP contribution in [0.4, 0.5) is 0 Å². The van der Waals surface area contributed by atoms with Crippen LogP contribution in [-0.2, 0) is 0 Å². The van der Waals surface area contributed by atoms with Gasteiger partial charge in [-0.1, -0.05) is 92.8 Å². The second-order valence-electron chi connectivity index (χ2n) is 7.47. The minimum absolute atomic E-state index is 0.00792. The van der Waals surface area contributed by atoms with E-state index in [0.717, 1.165) is 0 Å². The van der Waals surface area contributed by atoms with E-state index in [1.165, 1.54) is 36.4 Å². The molecule has 0 bridgehead atoms. The van der Waals surface area contributed by atoms with Crippen molar-refractivity contribution in [1.29, 1.82) is 0 Å². The van der Waals surface area contributed by atoms with Gasteiger partial charge in [-0.15, -0.1) is 0 Å². The second kappa shape index (κ2) is 10.8. The van der Waals surface area contributed by atoms with E-state index in [-0.39, 0.29) is 62.4 Å². The number of carbonyl (C=O) groups excluding carboxylic acids is 4. The van der Waals surface area contributed by atoms with E-state index in [4.69, 9.17) is 92.8 Å². The Hall–Kier alpha value is -1.74. The Labute approximate surface area is 249 Å². The number of nitrogens with zero attached hydrogens (tertiary/aromatic N) is 2. The first-order valence-electron chi connectivity index (χ1n) is 9.85. The van der Waals surface area contributed by atoms with Crippen molar-refractivity contribution >= 4 is 116 Å². The minimum atomic E-state index is -1.06. The number of carbonyl (C=O) groups is 4. The van der Waals surface area contributed by atoms with Gasteiger partial charge >= 0.3 is 0 Å². The van der Waals surface area contributed by atoms with Crippen molar-refractivity contribution in [3.63, 3.8) is 0 Å². The van der Waals surface area contributed by atoms with Crippen LogP contribution < -0.4 is 0 Å². The first-order chi connectivity index (χ1) is 17.3. The maximum Gasteiger partial charge on any atom is 0.282 e. The number of Topliss-reactive ketones (excluding diaryl/α,β-unsaturated/α-hetero) is 1. The average molecular weight is 660 g/mol. The molecular weight excluding hydrogens is 652 g/mol. The number of benzene rings is 3. The van der Waals surface area contributed by atoms with Crippen LogP contribution in [0.5, 0.6) is 0 Å². The number of fused-ring (bicyclic) bond motifs is 1. The third kappa shape index (κ3) is 5.02. The van der Waals surface area contributed by atoms with Gasteiger partial charge in [-0.2, -0.15) is 5.01 Å². The first kappa shape index (κ1) is 28.3. The van der Waals surface area contributed by atoms with Crippen molar-refractivity contribution < 1.29 is 19.2 Å². The van der Waals surface area contributed by atoms with Crippen molar-refractivity contribution in [2.75, 3.05) is 6.54 Å². The summed E-state index contributed by atoms with van der Waals surface area (Å²) >= 11 is 48.6. The Morgan fingerprint density at radius 3 is 1.76 bits per heavy atom. The predicted octanol–water partition coefficient (Wildman–Crippen LogP) is 8.45. The Morgan fingerprint density at radius 1 is 0.676 bits per heavy atom. The highest BCUT2D eigenvalue weighted by Gasteiger charge is 2.46. The molecule has 0 aromatic heterocycles. The Balaban J connectivity index is 1.84. The van der Waals surface area contributed by atoms with E-state index >= 15 is 0 Å². The molecule has 1 heterocycles. The normalized spacial score (nSPS) is 12.7. The van der Waals surface area contributed by atoms with Crippen molar-refractivity contribution in [3.8, 4) is 0 Å². The fraction of sp³-hybridized carbons (Fsp3) is 0.0435. The predicted molar refractivity (Wildman–Crippen MR) is 145 cm³/mol. The molecule has 4 rings (SSSR count). The molecule has 0 aliphatic carbocycles. The average Bonchev–Trinajstić information content (AvgIpc) is 3.10.